The second-order valence-corrected chi connectivity index (χ2v) is 6.21. The zero-order chi connectivity index (χ0) is 14.2. The molecule has 3 heteroatoms. The molecular formula is C17H21NO2. The molecule has 1 spiro atoms. The van der Waals surface area contributed by atoms with Crippen LogP contribution in [0.25, 0.3) is 0 Å². The maximum atomic E-state index is 11.4. The molecule has 1 aromatic carbocycles. The van der Waals surface area contributed by atoms with Gasteiger partial charge >= 0.3 is 0 Å². The van der Waals surface area contributed by atoms with Gasteiger partial charge in [-0.3, -0.25) is 0 Å². The summed E-state index contributed by atoms with van der Waals surface area (Å²) in [5.74, 6) is 0.759. The van der Waals surface area contributed by atoms with E-state index in [0.29, 0.717) is 0 Å². The third kappa shape index (κ3) is 1.75. The monoisotopic (exact) mass is 271 g/mol. The van der Waals surface area contributed by atoms with Crippen molar-refractivity contribution in [1.82, 2.24) is 0 Å². The average Bonchev–Trinajstić information content (AvgIpc) is 2.94. The number of fused-ring (bicyclic) bond motifs is 1. The van der Waals surface area contributed by atoms with Gasteiger partial charge in [0.1, 0.15) is 11.4 Å². The summed E-state index contributed by atoms with van der Waals surface area (Å²) in [4.78, 5) is 0. The fourth-order valence-electron chi connectivity index (χ4n) is 4.26. The minimum absolute atomic E-state index is 0.109. The van der Waals surface area contributed by atoms with Gasteiger partial charge in [-0.25, -0.2) is 0 Å². The molecule has 1 fully saturated rings. The van der Waals surface area contributed by atoms with E-state index in [9.17, 15) is 10.4 Å². The second kappa shape index (κ2) is 4.79. The molecule has 1 aromatic rings. The second-order valence-electron chi connectivity index (χ2n) is 6.21. The molecule has 0 amide bonds. The lowest BCUT2D eigenvalue weighted by Crippen LogP contribution is -2.47. The van der Waals surface area contributed by atoms with E-state index in [4.69, 9.17) is 4.74 Å². The number of aryl methyl sites for hydroxylation is 1. The Bertz CT molecular complexity index is 555. The van der Waals surface area contributed by atoms with Crippen LogP contribution in [0.1, 0.15) is 49.7 Å². The number of nitrogens with zero attached hydrogens (tertiary/aromatic N) is 1. The van der Waals surface area contributed by atoms with Crippen molar-refractivity contribution in [2.24, 2.45) is 5.41 Å². The number of hydrogen-bond donors (Lipinski definition) is 1. The van der Waals surface area contributed by atoms with E-state index in [2.05, 4.69) is 6.07 Å². The fraction of sp³-hybridized carbons (Fsp3) is 0.588. The Morgan fingerprint density at radius 3 is 2.70 bits per heavy atom. The molecule has 20 heavy (non-hydrogen) atoms. The van der Waals surface area contributed by atoms with Crippen LogP contribution in [0.3, 0.4) is 0 Å². The Labute approximate surface area is 120 Å². The van der Waals surface area contributed by atoms with Gasteiger partial charge in [-0.2, -0.15) is 5.26 Å². The molecule has 0 aromatic heterocycles. The molecule has 1 saturated carbocycles. The fourth-order valence-corrected chi connectivity index (χ4v) is 4.26. The van der Waals surface area contributed by atoms with Crippen molar-refractivity contribution >= 4 is 0 Å². The molecule has 1 N–H and O–H groups in total. The Morgan fingerprint density at radius 2 is 2.05 bits per heavy atom. The highest BCUT2D eigenvalue weighted by atomic mass is 16.5. The number of methoxy groups -OCH3 is 1. The number of aliphatic hydroxyl groups is 1. The highest BCUT2D eigenvalue weighted by molar-refractivity contribution is 5.43. The van der Waals surface area contributed by atoms with Crippen LogP contribution < -0.4 is 4.74 Å². The SMILES string of the molecule is COc1ccc2c(c1)C(O)(CC#N)C1(CCCC1)CC2. The van der Waals surface area contributed by atoms with Crippen molar-refractivity contribution < 1.29 is 9.84 Å². The standard InChI is InChI=1S/C17H21NO2/c1-20-14-5-4-13-6-9-16(7-2-3-8-16)17(19,10-11-18)15(13)12-14/h4-5,12,19H,2-3,6-10H2,1H3. The van der Waals surface area contributed by atoms with Crippen molar-refractivity contribution in [2.45, 2.75) is 50.5 Å². The molecule has 0 saturated heterocycles. The first-order valence-electron chi connectivity index (χ1n) is 7.42. The van der Waals surface area contributed by atoms with Crippen LogP contribution in [0.15, 0.2) is 18.2 Å². The molecule has 0 bridgehead atoms. The van der Waals surface area contributed by atoms with Crippen molar-refractivity contribution in [3.8, 4) is 11.8 Å². The third-order valence-electron chi connectivity index (χ3n) is 5.41. The lowest BCUT2D eigenvalue weighted by atomic mass is 9.59. The van der Waals surface area contributed by atoms with Gasteiger partial charge < -0.3 is 9.84 Å². The molecule has 0 aliphatic heterocycles. The van der Waals surface area contributed by atoms with Gasteiger partial charge in [0, 0.05) is 5.41 Å². The quantitative estimate of drug-likeness (QED) is 0.898. The van der Waals surface area contributed by atoms with Crippen LogP contribution in [0.5, 0.6) is 5.75 Å². The number of benzene rings is 1. The highest BCUT2D eigenvalue weighted by Gasteiger charge is 2.55. The van der Waals surface area contributed by atoms with E-state index < -0.39 is 5.60 Å². The van der Waals surface area contributed by atoms with E-state index in [-0.39, 0.29) is 11.8 Å². The van der Waals surface area contributed by atoms with Crippen LogP contribution in [0.4, 0.5) is 0 Å². The van der Waals surface area contributed by atoms with E-state index in [1.807, 2.05) is 18.2 Å². The van der Waals surface area contributed by atoms with Crippen molar-refractivity contribution in [3.63, 3.8) is 0 Å². The maximum Gasteiger partial charge on any atom is 0.119 e. The molecular weight excluding hydrogens is 250 g/mol. The van der Waals surface area contributed by atoms with Crippen LogP contribution in [-0.2, 0) is 12.0 Å². The molecule has 0 heterocycles. The molecule has 2 aliphatic rings. The molecule has 1 atom stereocenters. The lowest BCUT2D eigenvalue weighted by molar-refractivity contribution is -0.0988. The number of nitriles is 1. The number of ether oxygens (including phenoxy) is 1. The number of hydrogen-bond acceptors (Lipinski definition) is 3. The van der Waals surface area contributed by atoms with Crippen molar-refractivity contribution in [3.05, 3.63) is 29.3 Å². The first kappa shape index (κ1) is 13.5. The van der Waals surface area contributed by atoms with Gasteiger partial charge in [-0.1, -0.05) is 18.9 Å². The minimum Gasteiger partial charge on any atom is -0.497 e. The lowest BCUT2D eigenvalue weighted by Gasteiger charge is -2.49. The zero-order valence-corrected chi connectivity index (χ0v) is 12.0. The Morgan fingerprint density at radius 1 is 1.30 bits per heavy atom. The van der Waals surface area contributed by atoms with Gasteiger partial charge in [0.2, 0.25) is 0 Å². The maximum absolute atomic E-state index is 11.4. The van der Waals surface area contributed by atoms with Gasteiger partial charge in [-0.15, -0.1) is 0 Å². The summed E-state index contributed by atoms with van der Waals surface area (Å²) in [6.07, 6.45) is 6.54. The molecule has 2 aliphatic carbocycles. The first-order valence-corrected chi connectivity index (χ1v) is 7.42. The summed E-state index contributed by atoms with van der Waals surface area (Å²) >= 11 is 0. The van der Waals surface area contributed by atoms with E-state index in [0.717, 1.165) is 49.8 Å². The Hall–Kier alpha value is -1.53. The minimum atomic E-state index is -1.01. The highest BCUT2D eigenvalue weighted by Crippen LogP contribution is 2.59. The summed E-state index contributed by atoms with van der Waals surface area (Å²) in [5.41, 5.74) is 0.968. The summed E-state index contributed by atoms with van der Waals surface area (Å²) < 4.78 is 5.31. The molecule has 106 valence electrons. The average molecular weight is 271 g/mol. The van der Waals surface area contributed by atoms with Crippen LogP contribution in [-0.4, -0.2) is 12.2 Å². The van der Waals surface area contributed by atoms with Crippen LogP contribution in [0.2, 0.25) is 0 Å². The van der Waals surface area contributed by atoms with E-state index >= 15 is 0 Å². The van der Waals surface area contributed by atoms with Gasteiger partial charge in [0.25, 0.3) is 0 Å². The molecule has 3 nitrogen and oxygen atoms in total. The zero-order valence-electron chi connectivity index (χ0n) is 12.0. The Kier molecular flexibility index (Phi) is 3.22. The van der Waals surface area contributed by atoms with Crippen LogP contribution in [0, 0.1) is 16.7 Å². The third-order valence-corrected chi connectivity index (χ3v) is 5.41. The predicted octanol–water partition coefficient (Wildman–Crippen LogP) is 3.30. The van der Waals surface area contributed by atoms with Crippen LogP contribution >= 0.6 is 0 Å². The van der Waals surface area contributed by atoms with Gasteiger partial charge in [-0.05, 0) is 48.9 Å². The van der Waals surface area contributed by atoms with E-state index in [1.54, 1.807) is 7.11 Å². The molecule has 3 rings (SSSR count). The smallest absolute Gasteiger partial charge is 0.119 e. The predicted molar refractivity (Wildman–Crippen MR) is 76.3 cm³/mol. The normalized spacial score (nSPS) is 27.1. The molecule has 1 unspecified atom stereocenters. The van der Waals surface area contributed by atoms with Gasteiger partial charge in [0.05, 0.1) is 19.6 Å². The Balaban J connectivity index is 2.15. The molecule has 0 radical (unpaired) electrons. The van der Waals surface area contributed by atoms with Crippen molar-refractivity contribution in [1.29, 1.82) is 5.26 Å². The summed E-state index contributed by atoms with van der Waals surface area (Å²) in [6.45, 7) is 0. The first-order chi connectivity index (χ1) is 9.65. The number of rotatable bonds is 2. The van der Waals surface area contributed by atoms with Crippen molar-refractivity contribution in [2.75, 3.05) is 7.11 Å². The largest absolute Gasteiger partial charge is 0.497 e. The summed E-state index contributed by atoms with van der Waals surface area (Å²) in [5, 5.41) is 20.7. The summed E-state index contributed by atoms with van der Waals surface area (Å²) in [7, 11) is 1.64. The van der Waals surface area contributed by atoms with Gasteiger partial charge in [0.15, 0.2) is 0 Å². The topological polar surface area (TPSA) is 53.2 Å². The van der Waals surface area contributed by atoms with E-state index in [1.165, 1.54) is 5.56 Å². The summed E-state index contributed by atoms with van der Waals surface area (Å²) in [6, 6.07) is 8.14.